The average Bonchev–Trinajstić information content (AvgIpc) is 3.15. The number of hydrogen-bond donors (Lipinski definition) is 1. The number of halogens is 7. The number of carbonyl (C=O) groups is 1. The van der Waals surface area contributed by atoms with Crippen molar-refractivity contribution in [1.29, 1.82) is 0 Å². The Hall–Kier alpha value is -2.62. The fourth-order valence-corrected chi connectivity index (χ4v) is 4.40. The molecule has 4 atom stereocenters. The molecule has 0 aromatic heterocycles. The van der Waals surface area contributed by atoms with Gasteiger partial charge in [-0.25, -0.2) is 4.39 Å². The maximum absolute atomic E-state index is 13.4. The van der Waals surface area contributed by atoms with Gasteiger partial charge in [-0.2, -0.15) is 26.3 Å². The SMILES string of the molecule is COC(=O)[C@@H]1CC[C@H](NC(C)c2cc(C(F)(F)F)cc(C(F)(F)F)c2)[C@H]1c1ccc(F)cc1. The molecule has 1 fully saturated rings. The number of ether oxygens (including phenoxy) is 1. The van der Waals surface area contributed by atoms with Gasteiger partial charge in [-0.3, -0.25) is 4.79 Å². The van der Waals surface area contributed by atoms with Gasteiger partial charge in [0.05, 0.1) is 24.2 Å². The van der Waals surface area contributed by atoms with E-state index in [-0.39, 0.29) is 11.6 Å². The second-order valence-corrected chi connectivity index (χ2v) is 8.12. The molecule has 0 heterocycles. The Balaban J connectivity index is 1.94. The molecule has 0 bridgehead atoms. The zero-order valence-corrected chi connectivity index (χ0v) is 17.7. The van der Waals surface area contributed by atoms with Gasteiger partial charge >= 0.3 is 18.3 Å². The summed E-state index contributed by atoms with van der Waals surface area (Å²) in [6, 6.07) is 5.57. The van der Waals surface area contributed by atoms with Crippen molar-refractivity contribution in [2.75, 3.05) is 7.11 Å². The molecule has 0 spiro atoms. The number of rotatable bonds is 5. The van der Waals surface area contributed by atoms with E-state index in [1.165, 1.54) is 38.3 Å². The zero-order chi connectivity index (χ0) is 24.6. The molecule has 2 aromatic rings. The maximum Gasteiger partial charge on any atom is 0.416 e. The molecule has 3 rings (SSSR count). The summed E-state index contributed by atoms with van der Waals surface area (Å²) in [5, 5.41) is 3.09. The number of benzene rings is 2. The van der Waals surface area contributed by atoms with Crippen LogP contribution in [0.4, 0.5) is 30.7 Å². The van der Waals surface area contributed by atoms with E-state index >= 15 is 0 Å². The fourth-order valence-electron chi connectivity index (χ4n) is 4.40. The Labute approximate surface area is 185 Å². The lowest BCUT2D eigenvalue weighted by Gasteiger charge is -2.28. The Morgan fingerprint density at radius 2 is 1.52 bits per heavy atom. The predicted molar refractivity (Wildman–Crippen MR) is 106 cm³/mol. The molecule has 1 unspecified atom stereocenters. The highest BCUT2D eigenvalue weighted by Gasteiger charge is 2.43. The van der Waals surface area contributed by atoms with E-state index < -0.39 is 59.2 Å². The van der Waals surface area contributed by atoms with Crippen molar-refractivity contribution in [2.24, 2.45) is 5.92 Å². The summed E-state index contributed by atoms with van der Waals surface area (Å²) in [7, 11) is 1.23. The number of hydrogen-bond acceptors (Lipinski definition) is 3. The monoisotopic (exact) mass is 477 g/mol. The number of nitrogens with one attached hydrogen (secondary N) is 1. The van der Waals surface area contributed by atoms with E-state index in [4.69, 9.17) is 4.74 Å². The van der Waals surface area contributed by atoms with Crippen LogP contribution in [0.3, 0.4) is 0 Å². The predicted octanol–water partition coefficient (Wildman–Crippen LogP) is 6.25. The molecule has 180 valence electrons. The summed E-state index contributed by atoms with van der Waals surface area (Å²) < 4.78 is 97.6. The second-order valence-electron chi connectivity index (χ2n) is 8.12. The molecule has 3 nitrogen and oxygen atoms in total. The van der Waals surface area contributed by atoms with E-state index in [2.05, 4.69) is 5.32 Å². The minimum Gasteiger partial charge on any atom is -0.469 e. The Kier molecular flexibility index (Phi) is 7.07. The lowest BCUT2D eigenvalue weighted by Crippen LogP contribution is -2.36. The molecule has 1 saturated carbocycles. The third-order valence-corrected chi connectivity index (χ3v) is 5.99. The van der Waals surface area contributed by atoms with Crippen LogP contribution in [0.15, 0.2) is 42.5 Å². The van der Waals surface area contributed by atoms with Gasteiger partial charge in [0.2, 0.25) is 0 Å². The average molecular weight is 477 g/mol. The van der Waals surface area contributed by atoms with E-state index in [0.29, 0.717) is 30.5 Å². The van der Waals surface area contributed by atoms with Gasteiger partial charge in [-0.05, 0) is 61.2 Å². The quantitative estimate of drug-likeness (QED) is 0.409. The van der Waals surface area contributed by atoms with Crippen LogP contribution in [0.2, 0.25) is 0 Å². The van der Waals surface area contributed by atoms with Crippen molar-refractivity contribution in [3.8, 4) is 0 Å². The molecule has 1 aliphatic carbocycles. The molecule has 10 heteroatoms. The molecular formula is C23H22F7NO2. The molecule has 33 heavy (non-hydrogen) atoms. The van der Waals surface area contributed by atoms with E-state index in [1.807, 2.05) is 0 Å². The molecule has 0 saturated heterocycles. The normalized spacial score (nSPS) is 22.3. The Morgan fingerprint density at radius 3 is 2.00 bits per heavy atom. The van der Waals surface area contributed by atoms with Crippen molar-refractivity contribution in [1.82, 2.24) is 5.32 Å². The van der Waals surface area contributed by atoms with Crippen LogP contribution in [0.1, 0.15) is 54.0 Å². The second kappa shape index (κ2) is 9.32. The summed E-state index contributed by atoms with van der Waals surface area (Å²) in [4.78, 5) is 12.3. The minimum absolute atomic E-state index is 0.0837. The van der Waals surface area contributed by atoms with Crippen molar-refractivity contribution >= 4 is 5.97 Å². The minimum atomic E-state index is -4.95. The smallest absolute Gasteiger partial charge is 0.416 e. The molecule has 0 amide bonds. The molecule has 2 aromatic carbocycles. The summed E-state index contributed by atoms with van der Waals surface area (Å²) in [6.45, 7) is 1.46. The van der Waals surface area contributed by atoms with E-state index in [0.717, 1.165) is 0 Å². The van der Waals surface area contributed by atoms with Gasteiger partial charge in [0, 0.05) is 18.0 Å². The third kappa shape index (κ3) is 5.66. The van der Waals surface area contributed by atoms with Crippen LogP contribution >= 0.6 is 0 Å². The van der Waals surface area contributed by atoms with Crippen LogP contribution in [-0.2, 0) is 21.9 Å². The highest BCUT2D eigenvalue weighted by atomic mass is 19.4. The first kappa shape index (κ1) is 25.0. The van der Waals surface area contributed by atoms with Crippen molar-refractivity contribution in [2.45, 2.75) is 50.1 Å². The lowest BCUT2D eigenvalue weighted by molar-refractivity contribution is -0.146. The number of methoxy groups -OCH3 is 1. The van der Waals surface area contributed by atoms with Crippen molar-refractivity contribution in [3.63, 3.8) is 0 Å². The lowest BCUT2D eigenvalue weighted by atomic mass is 9.86. The largest absolute Gasteiger partial charge is 0.469 e. The van der Waals surface area contributed by atoms with Crippen LogP contribution in [0.5, 0.6) is 0 Å². The number of carbonyl (C=O) groups excluding carboxylic acids is 1. The van der Waals surface area contributed by atoms with Crippen molar-refractivity contribution in [3.05, 3.63) is 70.5 Å². The first-order chi connectivity index (χ1) is 15.3. The molecule has 0 aliphatic heterocycles. The molecule has 0 radical (unpaired) electrons. The van der Waals surface area contributed by atoms with Gasteiger partial charge in [-0.1, -0.05) is 12.1 Å². The number of esters is 1. The van der Waals surface area contributed by atoms with E-state index in [1.54, 1.807) is 0 Å². The first-order valence-electron chi connectivity index (χ1n) is 10.2. The van der Waals surface area contributed by atoms with Crippen LogP contribution in [0, 0.1) is 11.7 Å². The third-order valence-electron chi connectivity index (χ3n) is 5.99. The topological polar surface area (TPSA) is 38.3 Å². The van der Waals surface area contributed by atoms with Crippen molar-refractivity contribution < 1.29 is 40.3 Å². The van der Waals surface area contributed by atoms with Crippen LogP contribution < -0.4 is 5.32 Å². The highest BCUT2D eigenvalue weighted by molar-refractivity contribution is 5.74. The Morgan fingerprint density at radius 1 is 0.970 bits per heavy atom. The highest BCUT2D eigenvalue weighted by Crippen LogP contribution is 2.42. The van der Waals surface area contributed by atoms with E-state index in [9.17, 15) is 35.5 Å². The van der Waals surface area contributed by atoms with Crippen LogP contribution in [0.25, 0.3) is 0 Å². The van der Waals surface area contributed by atoms with Gasteiger partial charge in [-0.15, -0.1) is 0 Å². The van der Waals surface area contributed by atoms with Gasteiger partial charge < -0.3 is 10.1 Å². The summed E-state index contributed by atoms with van der Waals surface area (Å²) >= 11 is 0. The number of alkyl halides is 6. The fraction of sp³-hybridized carbons (Fsp3) is 0.435. The molecule has 1 N–H and O–H groups in total. The Bertz CT molecular complexity index is 954. The maximum atomic E-state index is 13.4. The standard InChI is InChI=1S/C23H22F7NO2/c1-12(14-9-15(22(25,26)27)11-16(10-14)23(28,29)30)31-19-8-7-18(21(32)33-2)20(19)13-3-5-17(24)6-4-13/h3-6,9-12,18-20,31H,7-8H2,1-2H3/t12?,18-,19+,20+/m1/s1. The van der Waals surface area contributed by atoms with Gasteiger partial charge in [0.25, 0.3) is 0 Å². The zero-order valence-electron chi connectivity index (χ0n) is 17.7. The summed E-state index contributed by atoms with van der Waals surface area (Å²) in [6.07, 6.45) is -9.07. The van der Waals surface area contributed by atoms with Gasteiger partial charge in [0.15, 0.2) is 0 Å². The molecular weight excluding hydrogens is 455 g/mol. The molecule has 1 aliphatic rings. The summed E-state index contributed by atoms with van der Waals surface area (Å²) in [5.74, 6) is -2.04. The van der Waals surface area contributed by atoms with Gasteiger partial charge in [0.1, 0.15) is 5.82 Å². The summed E-state index contributed by atoms with van der Waals surface area (Å²) in [5.41, 5.74) is -2.35. The van der Waals surface area contributed by atoms with Crippen LogP contribution in [-0.4, -0.2) is 19.1 Å². The first-order valence-corrected chi connectivity index (χ1v) is 10.2.